The van der Waals surface area contributed by atoms with Crippen LogP contribution in [-0.2, 0) is 9.59 Å². The quantitative estimate of drug-likeness (QED) is 0.821. The van der Waals surface area contributed by atoms with Gasteiger partial charge in [0, 0.05) is 12.5 Å². The van der Waals surface area contributed by atoms with E-state index in [0.29, 0.717) is 6.54 Å². The first kappa shape index (κ1) is 13.4. The second-order valence-corrected chi connectivity index (χ2v) is 6.35. The Bertz CT molecular complexity index is 345. The van der Waals surface area contributed by atoms with E-state index < -0.39 is 12.0 Å². The Morgan fingerprint density at radius 3 is 2.33 bits per heavy atom. The Hall–Kier alpha value is -1.06. The van der Waals surface area contributed by atoms with Crippen molar-refractivity contribution < 1.29 is 14.7 Å². The molecule has 2 fully saturated rings. The summed E-state index contributed by atoms with van der Waals surface area (Å²) < 4.78 is 0. The average molecular weight is 253 g/mol. The van der Waals surface area contributed by atoms with Crippen LogP contribution in [0.25, 0.3) is 0 Å². The summed E-state index contributed by atoms with van der Waals surface area (Å²) in [6, 6.07) is -0.653. The van der Waals surface area contributed by atoms with Gasteiger partial charge in [0.05, 0.1) is 0 Å². The Kier molecular flexibility index (Phi) is 3.64. The zero-order valence-electron chi connectivity index (χ0n) is 11.3. The lowest BCUT2D eigenvalue weighted by molar-refractivity contribution is -0.160. The zero-order chi connectivity index (χ0) is 13.3. The third-order valence-electron chi connectivity index (χ3n) is 4.49. The van der Waals surface area contributed by atoms with Crippen molar-refractivity contribution in [3.63, 3.8) is 0 Å². The molecular formula is C14H23NO3. The van der Waals surface area contributed by atoms with Gasteiger partial charge in [-0.25, -0.2) is 4.79 Å². The maximum Gasteiger partial charge on any atom is 0.326 e. The highest BCUT2D eigenvalue weighted by Gasteiger charge is 2.45. The number of carbonyl (C=O) groups is 2. The van der Waals surface area contributed by atoms with E-state index in [4.69, 9.17) is 0 Å². The third-order valence-corrected chi connectivity index (χ3v) is 4.49. The van der Waals surface area contributed by atoms with Crippen molar-refractivity contribution in [1.82, 2.24) is 4.90 Å². The minimum atomic E-state index is -0.856. The maximum atomic E-state index is 12.5. The lowest BCUT2D eigenvalue weighted by Crippen LogP contribution is -2.57. The molecule has 0 bridgehead atoms. The summed E-state index contributed by atoms with van der Waals surface area (Å²) in [4.78, 5) is 25.6. The number of rotatable bonds is 2. The molecule has 1 atom stereocenters. The van der Waals surface area contributed by atoms with Crippen LogP contribution in [0.4, 0.5) is 0 Å². The van der Waals surface area contributed by atoms with Crippen molar-refractivity contribution in [3.05, 3.63) is 0 Å². The van der Waals surface area contributed by atoms with Crippen molar-refractivity contribution >= 4 is 11.9 Å². The van der Waals surface area contributed by atoms with E-state index in [1.54, 1.807) is 4.90 Å². The number of hydrogen-bond donors (Lipinski definition) is 1. The number of amides is 1. The van der Waals surface area contributed by atoms with E-state index >= 15 is 0 Å². The summed E-state index contributed by atoms with van der Waals surface area (Å²) in [7, 11) is 0. The fourth-order valence-corrected chi connectivity index (χ4v) is 3.50. The Morgan fingerprint density at radius 1 is 1.17 bits per heavy atom. The number of carboxylic acids is 1. The number of carbonyl (C=O) groups excluding carboxylic acids is 1. The molecule has 1 saturated carbocycles. The SMILES string of the molecule is CC1(C)CCCN(C(=O)C2CCCC2)C1C(=O)O. The first-order valence-electron chi connectivity index (χ1n) is 6.97. The van der Waals surface area contributed by atoms with Gasteiger partial charge in [-0.2, -0.15) is 0 Å². The van der Waals surface area contributed by atoms with Gasteiger partial charge in [0.1, 0.15) is 6.04 Å². The van der Waals surface area contributed by atoms with Gasteiger partial charge in [0.15, 0.2) is 0 Å². The van der Waals surface area contributed by atoms with Gasteiger partial charge in [0.25, 0.3) is 0 Å². The number of aliphatic carboxylic acids is 1. The van der Waals surface area contributed by atoms with Crippen LogP contribution >= 0.6 is 0 Å². The van der Waals surface area contributed by atoms with Gasteiger partial charge in [-0.05, 0) is 31.1 Å². The van der Waals surface area contributed by atoms with Crippen molar-refractivity contribution in [3.8, 4) is 0 Å². The lowest BCUT2D eigenvalue weighted by atomic mass is 9.76. The first-order chi connectivity index (χ1) is 8.43. The maximum absolute atomic E-state index is 12.5. The van der Waals surface area contributed by atoms with Gasteiger partial charge in [-0.3, -0.25) is 4.79 Å². The molecule has 0 radical (unpaired) electrons. The molecule has 1 amide bonds. The van der Waals surface area contributed by atoms with Crippen LogP contribution in [0.2, 0.25) is 0 Å². The molecule has 2 rings (SSSR count). The Labute approximate surface area is 108 Å². The molecule has 4 heteroatoms. The Morgan fingerprint density at radius 2 is 1.78 bits per heavy atom. The molecule has 0 aromatic rings. The Balaban J connectivity index is 2.18. The first-order valence-corrected chi connectivity index (χ1v) is 6.97. The van der Waals surface area contributed by atoms with Crippen molar-refractivity contribution in [2.24, 2.45) is 11.3 Å². The van der Waals surface area contributed by atoms with Crippen molar-refractivity contribution in [2.75, 3.05) is 6.54 Å². The van der Waals surface area contributed by atoms with Crippen molar-refractivity contribution in [2.45, 2.75) is 58.4 Å². The highest BCUT2D eigenvalue weighted by Crippen LogP contribution is 2.37. The minimum Gasteiger partial charge on any atom is -0.480 e. The van der Waals surface area contributed by atoms with Gasteiger partial charge < -0.3 is 10.0 Å². The summed E-state index contributed by atoms with van der Waals surface area (Å²) in [6.45, 7) is 4.52. The van der Waals surface area contributed by atoms with Crippen LogP contribution in [0.15, 0.2) is 0 Å². The molecule has 1 saturated heterocycles. The van der Waals surface area contributed by atoms with Gasteiger partial charge >= 0.3 is 5.97 Å². The molecular weight excluding hydrogens is 230 g/mol. The largest absolute Gasteiger partial charge is 0.480 e. The molecule has 0 aromatic carbocycles. The number of likely N-dealkylation sites (tertiary alicyclic amines) is 1. The van der Waals surface area contributed by atoms with Crippen LogP contribution in [0.5, 0.6) is 0 Å². The summed E-state index contributed by atoms with van der Waals surface area (Å²) in [5.41, 5.74) is -0.321. The smallest absolute Gasteiger partial charge is 0.326 e. The number of piperidine rings is 1. The van der Waals surface area contributed by atoms with E-state index in [9.17, 15) is 14.7 Å². The average Bonchev–Trinajstić information content (AvgIpc) is 2.79. The highest BCUT2D eigenvalue weighted by atomic mass is 16.4. The van der Waals surface area contributed by atoms with E-state index in [-0.39, 0.29) is 17.2 Å². The van der Waals surface area contributed by atoms with Crippen LogP contribution in [0.3, 0.4) is 0 Å². The lowest BCUT2D eigenvalue weighted by Gasteiger charge is -2.44. The molecule has 0 spiro atoms. The van der Waals surface area contributed by atoms with Crippen LogP contribution in [0, 0.1) is 11.3 Å². The normalized spacial score (nSPS) is 28.3. The van der Waals surface area contributed by atoms with Gasteiger partial charge in [0.2, 0.25) is 5.91 Å². The van der Waals surface area contributed by atoms with Crippen LogP contribution in [0.1, 0.15) is 52.4 Å². The molecule has 1 aliphatic carbocycles. The summed E-state index contributed by atoms with van der Waals surface area (Å²) in [5.74, 6) is -0.709. The number of hydrogen-bond acceptors (Lipinski definition) is 2. The number of nitrogens with zero attached hydrogens (tertiary/aromatic N) is 1. The molecule has 0 aromatic heterocycles. The fraction of sp³-hybridized carbons (Fsp3) is 0.857. The monoisotopic (exact) mass is 253 g/mol. The zero-order valence-corrected chi connectivity index (χ0v) is 11.3. The molecule has 1 unspecified atom stereocenters. The van der Waals surface area contributed by atoms with Crippen molar-refractivity contribution in [1.29, 1.82) is 0 Å². The molecule has 1 heterocycles. The molecule has 2 aliphatic rings. The fourth-order valence-electron chi connectivity index (χ4n) is 3.50. The second-order valence-electron chi connectivity index (χ2n) is 6.35. The van der Waals surface area contributed by atoms with E-state index in [2.05, 4.69) is 0 Å². The summed E-state index contributed by atoms with van der Waals surface area (Å²) >= 11 is 0. The molecule has 1 N–H and O–H groups in total. The highest BCUT2D eigenvalue weighted by molar-refractivity contribution is 5.86. The predicted octanol–water partition coefficient (Wildman–Crippen LogP) is 2.28. The van der Waals surface area contributed by atoms with Crippen LogP contribution < -0.4 is 0 Å². The topological polar surface area (TPSA) is 57.6 Å². The third kappa shape index (κ3) is 2.38. The van der Waals surface area contributed by atoms with Gasteiger partial charge in [-0.15, -0.1) is 0 Å². The standard InChI is InChI=1S/C14H23NO3/c1-14(2)8-5-9-15(11(14)13(17)18)12(16)10-6-3-4-7-10/h10-11H,3-9H2,1-2H3,(H,17,18). The van der Waals surface area contributed by atoms with E-state index in [1.807, 2.05) is 13.8 Å². The molecule has 4 nitrogen and oxygen atoms in total. The predicted molar refractivity (Wildman–Crippen MR) is 68.1 cm³/mol. The molecule has 102 valence electrons. The van der Waals surface area contributed by atoms with E-state index in [0.717, 1.165) is 38.5 Å². The molecule has 1 aliphatic heterocycles. The van der Waals surface area contributed by atoms with E-state index in [1.165, 1.54) is 0 Å². The summed E-state index contributed by atoms with van der Waals surface area (Å²) in [6.07, 6.45) is 5.86. The van der Waals surface area contributed by atoms with Gasteiger partial charge in [-0.1, -0.05) is 26.7 Å². The van der Waals surface area contributed by atoms with Crippen LogP contribution in [-0.4, -0.2) is 34.5 Å². The summed E-state index contributed by atoms with van der Waals surface area (Å²) in [5, 5.41) is 9.44. The number of carboxylic acid groups (broad SMARTS) is 1. The minimum absolute atomic E-state index is 0.0701. The second kappa shape index (κ2) is 4.90. The molecule has 18 heavy (non-hydrogen) atoms.